The number of aromatic nitrogens is 2. The first kappa shape index (κ1) is 15.6. The maximum Gasteiger partial charge on any atom is 0.244 e. The molecule has 3 aliphatic rings. The molecule has 3 fully saturated rings. The van der Waals surface area contributed by atoms with E-state index in [-0.39, 0.29) is 24.3 Å². The van der Waals surface area contributed by atoms with Gasteiger partial charge in [0.15, 0.2) is 0 Å². The van der Waals surface area contributed by atoms with Gasteiger partial charge in [0.25, 0.3) is 0 Å². The smallest absolute Gasteiger partial charge is 0.244 e. The van der Waals surface area contributed by atoms with Gasteiger partial charge in [-0.2, -0.15) is 5.10 Å². The lowest BCUT2D eigenvalue weighted by Gasteiger charge is -2.36. The minimum Gasteiger partial charge on any atom is -0.381 e. The van der Waals surface area contributed by atoms with Crippen molar-refractivity contribution in [3.63, 3.8) is 0 Å². The topological polar surface area (TPSA) is 76.5 Å². The number of nitrogens with zero attached hydrogens (tertiary/aromatic N) is 3. The Balaban J connectivity index is 1.45. The third-order valence-electron chi connectivity index (χ3n) is 5.74. The summed E-state index contributed by atoms with van der Waals surface area (Å²) >= 11 is 0. The molecular weight excluding hydrogens is 308 g/mol. The van der Waals surface area contributed by atoms with Gasteiger partial charge in [-0.1, -0.05) is 0 Å². The van der Waals surface area contributed by atoms with Crippen LogP contribution in [-0.4, -0.2) is 59.8 Å². The van der Waals surface area contributed by atoms with E-state index >= 15 is 0 Å². The molecule has 2 amide bonds. The standard InChI is InChI=1S/C17H24N4O3/c1-18-16(23)17-4-5-24-10-14(17)8-20(11-17)15(22)9-21-7-13(6-19-21)12-2-3-12/h6-7,12,14H,2-5,8-11H2,1H3,(H,18,23)/t14-,17+/m1/s1. The van der Waals surface area contributed by atoms with Gasteiger partial charge in [0.1, 0.15) is 6.54 Å². The quantitative estimate of drug-likeness (QED) is 0.864. The van der Waals surface area contributed by atoms with E-state index in [4.69, 9.17) is 4.74 Å². The summed E-state index contributed by atoms with van der Waals surface area (Å²) in [5.74, 6) is 0.770. The second-order valence-corrected chi connectivity index (χ2v) is 7.28. The van der Waals surface area contributed by atoms with Crippen LogP contribution in [0.5, 0.6) is 0 Å². The molecular formula is C17H24N4O3. The molecule has 7 nitrogen and oxygen atoms in total. The van der Waals surface area contributed by atoms with Crippen molar-refractivity contribution in [1.82, 2.24) is 20.0 Å². The Kier molecular flexibility index (Phi) is 3.83. The predicted octanol–water partition coefficient (Wildman–Crippen LogP) is 0.372. The van der Waals surface area contributed by atoms with Crippen LogP contribution >= 0.6 is 0 Å². The van der Waals surface area contributed by atoms with Crippen molar-refractivity contribution >= 4 is 11.8 Å². The van der Waals surface area contributed by atoms with Gasteiger partial charge in [-0.3, -0.25) is 14.3 Å². The van der Waals surface area contributed by atoms with Crippen LogP contribution in [0.1, 0.15) is 30.7 Å². The van der Waals surface area contributed by atoms with E-state index < -0.39 is 5.41 Å². The maximum absolute atomic E-state index is 12.7. The van der Waals surface area contributed by atoms with Gasteiger partial charge < -0.3 is 15.0 Å². The lowest BCUT2D eigenvalue weighted by atomic mass is 9.73. The average molecular weight is 332 g/mol. The molecule has 130 valence electrons. The number of nitrogens with one attached hydrogen (secondary N) is 1. The van der Waals surface area contributed by atoms with Crippen LogP contribution in [0.4, 0.5) is 0 Å². The zero-order chi connectivity index (χ0) is 16.7. The van der Waals surface area contributed by atoms with Crippen molar-refractivity contribution < 1.29 is 14.3 Å². The summed E-state index contributed by atoms with van der Waals surface area (Å²) in [5, 5.41) is 7.09. The lowest BCUT2D eigenvalue weighted by Crippen LogP contribution is -2.49. The number of carbonyl (C=O) groups is 2. The summed E-state index contributed by atoms with van der Waals surface area (Å²) in [6, 6.07) is 0. The summed E-state index contributed by atoms with van der Waals surface area (Å²) in [4.78, 5) is 27.0. The molecule has 4 rings (SSSR count). The van der Waals surface area contributed by atoms with Gasteiger partial charge in [0.2, 0.25) is 11.8 Å². The number of hydrogen-bond acceptors (Lipinski definition) is 4. The monoisotopic (exact) mass is 332 g/mol. The van der Waals surface area contributed by atoms with Gasteiger partial charge in [0.05, 0.1) is 18.2 Å². The Morgan fingerprint density at radius 3 is 3.04 bits per heavy atom. The number of ether oxygens (including phenoxy) is 1. The second kappa shape index (κ2) is 5.88. The molecule has 7 heteroatoms. The summed E-state index contributed by atoms with van der Waals surface area (Å²) in [5.41, 5.74) is 0.736. The molecule has 1 N–H and O–H groups in total. The third-order valence-corrected chi connectivity index (χ3v) is 5.74. The fourth-order valence-electron chi connectivity index (χ4n) is 4.09. The molecule has 0 aromatic carbocycles. The van der Waals surface area contributed by atoms with E-state index in [1.807, 2.05) is 17.3 Å². The van der Waals surface area contributed by atoms with E-state index in [0.717, 1.165) is 0 Å². The first-order valence-electron chi connectivity index (χ1n) is 8.72. The molecule has 2 saturated heterocycles. The van der Waals surface area contributed by atoms with Crippen LogP contribution in [0.15, 0.2) is 12.4 Å². The summed E-state index contributed by atoms with van der Waals surface area (Å²) in [6.45, 7) is 2.43. The van der Waals surface area contributed by atoms with Gasteiger partial charge in [-0.05, 0) is 30.7 Å². The Hall–Kier alpha value is -1.89. The first-order valence-corrected chi connectivity index (χ1v) is 8.72. The Bertz CT molecular complexity index is 654. The molecule has 0 radical (unpaired) electrons. The fourth-order valence-corrected chi connectivity index (χ4v) is 4.09. The molecule has 1 aromatic rings. The first-order chi connectivity index (χ1) is 11.6. The average Bonchev–Trinajstić information content (AvgIpc) is 3.20. The van der Waals surface area contributed by atoms with Gasteiger partial charge in [-0.25, -0.2) is 0 Å². The normalized spacial score (nSPS) is 29.4. The summed E-state index contributed by atoms with van der Waals surface area (Å²) in [6.07, 6.45) is 6.98. The number of likely N-dealkylation sites (tertiary alicyclic amines) is 1. The van der Waals surface area contributed by atoms with Crippen LogP contribution in [0.3, 0.4) is 0 Å². The zero-order valence-electron chi connectivity index (χ0n) is 14.0. The highest BCUT2D eigenvalue weighted by Crippen LogP contribution is 2.42. The van der Waals surface area contributed by atoms with Crippen molar-refractivity contribution in [2.24, 2.45) is 11.3 Å². The Morgan fingerprint density at radius 1 is 1.46 bits per heavy atom. The largest absolute Gasteiger partial charge is 0.381 e. The van der Waals surface area contributed by atoms with Crippen molar-refractivity contribution in [1.29, 1.82) is 0 Å². The van der Waals surface area contributed by atoms with Crippen LogP contribution in [-0.2, 0) is 20.9 Å². The highest BCUT2D eigenvalue weighted by molar-refractivity contribution is 5.85. The van der Waals surface area contributed by atoms with Crippen LogP contribution in [0.25, 0.3) is 0 Å². The molecule has 3 heterocycles. The number of amides is 2. The molecule has 1 saturated carbocycles. The Morgan fingerprint density at radius 2 is 2.29 bits per heavy atom. The minimum atomic E-state index is -0.494. The highest BCUT2D eigenvalue weighted by atomic mass is 16.5. The summed E-state index contributed by atoms with van der Waals surface area (Å²) < 4.78 is 7.27. The fraction of sp³-hybridized carbons (Fsp3) is 0.706. The van der Waals surface area contributed by atoms with Crippen molar-refractivity contribution in [2.75, 3.05) is 33.4 Å². The van der Waals surface area contributed by atoms with Crippen molar-refractivity contribution in [3.8, 4) is 0 Å². The van der Waals surface area contributed by atoms with E-state index in [9.17, 15) is 9.59 Å². The molecule has 0 spiro atoms. The molecule has 1 aliphatic carbocycles. The third kappa shape index (κ3) is 2.60. The highest BCUT2D eigenvalue weighted by Gasteiger charge is 2.54. The maximum atomic E-state index is 12.7. The van der Waals surface area contributed by atoms with Crippen molar-refractivity contribution in [3.05, 3.63) is 18.0 Å². The molecule has 2 atom stereocenters. The molecule has 0 unspecified atom stereocenters. The van der Waals surface area contributed by atoms with Gasteiger partial charge in [0, 0.05) is 38.9 Å². The zero-order valence-corrected chi connectivity index (χ0v) is 14.0. The SMILES string of the molecule is CNC(=O)[C@]12CCOC[C@H]1CN(C(=O)Cn1cc(C3CC3)cn1)C2. The Labute approximate surface area is 141 Å². The van der Waals surface area contributed by atoms with E-state index in [0.29, 0.717) is 38.6 Å². The minimum absolute atomic E-state index is 0.0260. The molecule has 0 bridgehead atoms. The van der Waals surface area contributed by atoms with Gasteiger partial charge >= 0.3 is 0 Å². The van der Waals surface area contributed by atoms with Crippen LogP contribution < -0.4 is 5.32 Å². The lowest BCUT2D eigenvalue weighted by molar-refractivity contribution is -0.139. The number of carbonyl (C=O) groups excluding carboxylic acids is 2. The molecule has 2 aliphatic heterocycles. The summed E-state index contributed by atoms with van der Waals surface area (Å²) in [7, 11) is 1.66. The predicted molar refractivity (Wildman–Crippen MR) is 86.2 cm³/mol. The molecule has 1 aromatic heterocycles. The van der Waals surface area contributed by atoms with Crippen LogP contribution in [0.2, 0.25) is 0 Å². The second-order valence-electron chi connectivity index (χ2n) is 7.28. The number of hydrogen-bond donors (Lipinski definition) is 1. The van der Waals surface area contributed by atoms with Gasteiger partial charge in [-0.15, -0.1) is 0 Å². The van der Waals surface area contributed by atoms with Crippen LogP contribution in [0, 0.1) is 11.3 Å². The van der Waals surface area contributed by atoms with E-state index in [1.54, 1.807) is 11.7 Å². The molecule has 24 heavy (non-hydrogen) atoms. The number of rotatable bonds is 4. The van der Waals surface area contributed by atoms with E-state index in [2.05, 4.69) is 10.4 Å². The van der Waals surface area contributed by atoms with E-state index in [1.165, 1.54) is 18.4 Å². The van der Waals surface area contributed by atoms with Crippen molar-refractivity contribution in [2.45, 2.75) is 31.7 Å². The number of fused-ring (bicyclic) bond motifs is 1.